The van der Waals surface area contributed by atoms with Crippen molar-refractivity contribution >= 4 is 27.5 Å². The number of Topliss-reactive ketones (excluding diaryl/α,β-unsaturated/α-hetero) is 1. The number of carbonyl (C=O) groups is 2. The van der Waals surface area contributed by atoms with E-state index < -0.39 is 22.1 Å². The van der Waals surface area contributed by atoms with Crippen molar-refractivity contribution in [1.82, 2.24) is 0 Å². The third kappa shape index (κ3) is 4.51. The average Bonchev–Trinajstić information content (AvgIpc) is 2.78. The Kier molecular flexibility index (Phi) is 5.56. The first-order chi connectivity index (χ1) is 12.0. The maximum absolute atomic E-state index is 12.4. The van der Waals surface area contributed by atoms with E-state index in [2.05, 4.69) is 4.72 Å². The Morgan fingerprint density at radius 1 is 1.08 bits per heavy atom. The molecule has 0 fully saturated rings. The summed E-state index contributed by atoms with van der Waals surface area (Å²) >= 11 is 0. The minimum atomic E-state index is -3.39. The van der Waals surface area contributed by atoms with Crippen LogP contribution in [0.2, 0.25) is 0 Å². The van der Waals surface area contributed by atoms with Gasteiger partial charge in [0.25, 0.3) is 0 Å². The fourth-order valence-corrected chi connectivity index (χ4v) is 3.08. The zero-order chi connectivity index (χ0) is 19.6. The number of hydrogen-bond donors (Lipinski definition) is 1. The largest absolute Gasteiger partial charge is 0.465 e. The van der Waals surface area contributed by atoms with Gasteiger partial charge in [-0.3, -0.25) is 9.52 Å². The molecular formula is C18H21NO6S. The molecule has 0 bridgehead atoms. The Morgan fingerprint density at radius 2 is 1.65 bits per heavy atom. The molecule has 1 aromatic heterocycles. The minimum absolute atomic E-state index is 0.307. The summed E-state index contributed by atoms with van der Waals surface area (Å²) in [6.45, 7) is 6.65. The third-order valence-electron chi connectivity index (χ3n) is 3.89. The number of ketones is 1. The van der Waals surface area contributed by atoms with Crippen LogP contribution in [0, 0.1) is 20.8 Å². The number of esters is 1. The van der Waals surface area contributed by atoms with Gasteiger partial charge in [-0.05, 0) is 52.0 Å². The highest BCUT2D eigenvalue weighted by atomic mass is 32.2. The second-order valence-electron chi connectivity index (χ2n) is 6.08. The molecule has 0 aliphatic carbocycles. The van der Waals surface area contributed by atoms with Crippen molar-refractivity contribution in [3.05, 3.63) is 52.5 Å². The van der Waals surface area contributed by atoms with E-state index in [-0.39, 0.29) is 5.78 Å². The molecule has 2 aromatic rings. The Hall–Kier alpha value is -2.61. The van der Waals surface area contributed by atoms with Crippen molar-refractivity contribution in [3.8, 4) is 0 Å². The first kappa shape index (κ1) is 19.7. The number of rotatable bonds is 6. The maximum Gasteiger partial charge on any atom is 0.342 e. The Balaban J connectivity index is 2.10. The minimum Gasteiger partial charge on any atom is -0.465 e. The van der Waals surface area contributed by atoms with Crippen molar-refractivity contribution in [1.29, 1.82) is 0 Å². The van der Waals surface area contributed by atoms with Crippen LogP contribution in [0.1, 0.15) is 44.7 Å². The number of sulfonamides is 1. The summed E-state index contributed by atoms with van der Waals surface area (Å²) in [5, 5.41) is 0. The molecule has 1 atom stereocenters. The molecule has 8 heteroatoms. The summed E-state index contributed by atoms with van der Waals surface area (Å²) < 4.78 is 35.4. The van der Waals surface area contributed by atoms with Crippen LogP contribution in [0.4, 0.5) is 5.69 Å². The van der Waals surface area contributed by atoms with E-state index in [4.69, 9.17) is 9.15 Å². The van der Waals surface area contributed by atoms with Gasteiger partial charge in [0, 0.05) is 16.8 Å². The summed E-state index contributed by atoms with van der Waals surface area (Å²) in [6.07, 6.45) is 0.0417. The number of aryl methyl sites for hydroxylation is 2. The van der Waals surface area contributed by atoms with Crippen LogP contribution in [0.15, 0.2) is 28.7 Å². The van der Waals surface area contributed by atoms with Gasteiger partial charge in [0.1, 0.15) is 17.1 Å². The molecule has 0 amide bonds. The summed E-state index contributed by atoms with van der Waals surface area (Å²) in [5.41, 5.74) is 1.66. The van der Waals surface area contributed by atoms with E-state index in [0.717, 1.165) is 6.26 Å². The van der Waals surface area contributed by atoms with E-state index >= 15 is 0 Å². The van der Waals surface area contributed by atoms with Gasteiger partial charge in [-0.1, -0.05) is 0 Å². The highest BCUT2D eigenvalue weighted by molar-refractivity contribution is 7.92. The van der Waals surface area contributed by atoms with Crippen molar-refractivity contribution in [2.45, 2.75) is 33.8 Å². The third-order valence-corrected chi connectivity index (χ3v) is 4.50. The Bertz CT molecular complexity index is 941. The number of hydrogen-bond acceptors (Lipinski definition) is 6. The SMILES string of the molecule is Cc1oc(C)c(C(=O)O[C@H](C)C(=O)c2ccc(NS(C)(=O)=O)cc2)c1C. The summed E-state index contributed by atoms with van der Waals surface area (Å²) in [6, 6.07) is 5.88. The molecular weight excluding hydrogens is 358 g/mol. The van der Waals surface area contributed by atoms with Gasteiger partial charge in [0.15, 0.2) is 6.10 Å². The molecule has 1 heterocycles. The van der Waals surface area contributed by atoms with Crippen molar-refractivity contribution < 1.29 is 27.2 Å². The average molecular weight is 379 g/mol. The fourth-order valence-electron chi connectivity index (χ4n) is 2.52. The molecule has 0 aliphatic rings. The molecule has 1 N–H and O–H groups in total. The smallest absolute Gasteiger partial charge is 0.342 e. The lowest BCUT2D eigenvalue weighted by molar-refractivity contribution is 0.0316. The predicted octanol–water partition coefficient (Wildman–Crippen LogP) is 3.00. The number of furan rings is 1. The van der Waals surface area contributed by atoms with Gasteiger partial charge in [0.2, 0.25) is 15.8 Å². The van der Waals surface area contributed by atoms with Crippen LogP contribution in [0.3, 0.4) is 0 Å². The van der Waals surface area contributed by atoms with Crippen molar-refractivity contribution in [3.63, 3.8) is 0 Å². The van der Waals surface area contributed by atoms with Gasteiger partial charge in [-0.2, -0.15) is 0 Å². The number of ether oxygens (including phenoxy) is 1. The zero-order valence-electron chi connectivity index (χ0n) is 15.2. The van der Waals surface area contributed by atoms with E-state index in [9.17, 15) is 18.0 Å². The number of nitrogens with one attached hydrogen (secondary N) is 1. The first-order valence-electron chi connectivity index (χ1n) is 7.89. The Labute approximate surface area is 152 Å². The normalized spacial score (nSPS) is 12.5. The lowest BCUT2D eigenvalue weighted by Gasteiger charge is -2.13. The van der Waals surface area contributed by atoms with Gasteiger partial charge in [-0.15, -0.1) is 0 Å². The standard InChI is InChI=1S/C18H21NO6S/c1-10-11(2)24-12(3)16(10)18(21)25-13(4)17(20)14-6-8-15(9-7-14)19-26(5,22)23/h6-9,13,19H,1-5H3/t13-/m1/s1. The number of benzene rings is 1. The lowest BCUT2D eigenvalue weighted by Crippen LogP contribution is -2.25. The van der Waals surface area contributed by atoms with Gasteiger partial charge in [-0.25, -0.2) is 13.2 Å². The quantitative estimate of drug-likeness (QED) is 0.611. The van der Waals surface area contributed by atoms with E-state index in [1.165, 1.54) is 31.2 Å². The summed E-state index contributed by atoms with van der Waals surface area (Å²) in [5.74, 6) is 0.0658. The molecule has 26 heavy (non-hydrogen) atoms. The van der Waals surface area contributed by atoms with Crippen molar-refractivity contribution in [2.75, 3.05) is 11.0 Å². The topological polar surface area (TPSA) is 103 Å². The molecule has 0 saturated carbocycles. The number of anilines is 1. The monoisotopic (exact) mass is 379 g/mol. The van der Waals surface area contributed by atoms with Crippen LogP contribution in [0.25, 0.3) is 0 Å². The zero-order valence-corrected chi connectivity index (χ0v) is 16.1. The molecule has 0 unspecified atom stereocenters. The van der Waals surface area contributed by atoms with Crippen LogP contribution < -0.4 is 4.72 Å². The lowest BCUT2D eigenvalue weighted by atomic mass is 10.1. The molecule has 0 saturated heterocycles. The second-order valence-corrected chi connectivity index (χ2v) is 7.83. The van der Waals surface area contributed by atoms with Gasteiger partial charge >= 0.3 is 5.97 Å². The van der Waals surface area contributed by atoms with E-state index in [0.29, 0.717) is 33.9 Å². The molecule has 0 spiro atoms. The number of carbonyl (C=O) groups excluding carboxylic acids is 2. The molecule has 0 aliphatic heterocycles. The van der Waals surface area contributed by atoms with E-state index in [1.807, 2.05) is 0 Å². The molecule has 7 nitrogen and oxygen atoms in total. The summed E-state index contributed by atoms with van der Waals surface area (Å²) in [4.78, 5) is 24.8. The molecule has 1 aromatic carbocycles. The highest BCUT2D eigenvalue weighted by Gasteiger charge is 2.25. The van der Waals surface area contributed by atoms with Crippen LogP contribution in [-0.4, -0.2) is 32.5 Å². The second kappa shape index (κ2) is 7.33. The Morgan fingerprint density at radius 3 is 2.12 bits per heavy atom. The predicted molar refractivity (Wildman–Crippen MR) is 97.0 cm³/mol. The maximum atomic E-state index is 12.4. The first-order valence-corrected chi connectivity index (χ1v) is 9.78. The van der Waals surface area contributed by atoms with E-state index in [1.54, 1.807) is 20.8 Å². The van der Waals surface area contributed by atoms with Gasteiger partial charge in [0.05, 0.1) is 6.26 Å². The van der Waals surface area contributed by atoms with Gasteiger partial charge < -0.3 is 9.15 Å². The van der Waals surface area contributed by atoms with Crippen LogP contribution >= 0.6 is 0 Å². The highest BCUT2D eigenvalue weighted by Crippen LogP contribution is 2.22. The summed E-state index contributed by atoms with van der Waals surface area (Å²) in [7, 11) is -3.39. The fraction of sp³-hybridized carbons (Fsp3) is 0.333. The molecule has 140 valence electrons. The molecule has 0 radical (unpaired) electrons. The van der Waals surface area contributed by atoms with Crippen LogP contribution in [0.5, 0.6) is 0 Å². The molecule has 2 rings (SSSR count). The van der Waals surface area contributed by atoms with Crippen molar-refractivity contribution in [2.24, 2.45) is 0 Å². The van der Waals surface area contributed by atoms with Crippen LogP contribution in [-0.2, 0) is 14.8 Å².